The molecule has 132 valence electrons. The maximum absolute atomic E-state index is 5.51. The first-order chi connectivity index (χ1) is 12.3. The Labute approximate surface area is 198 Å². The maximum Gasteiger partial charge on any atom is 2.00 e. The SMILES string of the molecule is CCOc1ccc(-c2ccc(-c3ccc(-c4cc[c-]s4)s3)cc2)cc1.[I-].[Zn+2]. The van der Waals surface area contributed by atoms with E-state index in [4.69, 9.17) is 4.74 Å². The van der Waals surface area contributed by atoms with Crippen LogP contribution >= 0.6 is 22.7 Å². The van der Waals surface area contributed by atoms with Crippen LogP contribution in [0.3, 0.4) is 0 Å². The van der Waals surface area contributed by atoms with Crippen LogP contribution in [-0.2, 0) is 19.5 Å². The third kappa shape index (κ3) is 5.29. The second-order valence-electron chi connectivity index (χ2n) is 5.62. The van der Waals surface area contributed by atoms with Gasteiger partial charge in [0.05, 0.1) is 6.61 Å². The average Bonchev–Trinajstić information content (AvgIpc) is 3.34. The number of halogens is 1. The summed E-state index contributed by atoms with van der Waals surface area (Å²) in [5.74, 6) is 0.916. The zero-order valence-electron chi connectivity index (χ0n) is 14.9. The van der Waals surface area contributed by atoms with Crippen molar-refractivity contribution in [3.05, 3.63) is 78.2 Å². The van der Waals surface area contributed by atoms with Crippen LogP contribution in [0.15, 0.2) is 72.8 Å². The molecule has 0 fully saturated rings. The second kappa shape index (κ2) is 10.5. The van der Waals surface area contributed by atoms with Crippen molar-refractivity contribution in [2.24, 2.45) is 0 Å². The molecule has 0 radical (unpaired) electrons. The van der Waals surface area contributed by atoms with E-state index >= 15 is 0 Å². The molecule has 0 aliphatic heterocycles. The van der Waals surface area contributed by atoms with E-state index in [0.29, 0.717) is 6.61 Å². The van der Waals surface area contributed by atoms with Gasteiger partial charge in [-0.15, -0.1) is 21.6 Å². The molecule has 2 heterocycles. The van der Waals surface area contributed by atoms with Gasteiger partial charge < -0.3 is 28.7 Å². The molecule has 0 N–H and O–H groups in total. The van der Waals surface area contributed by atoms with E-state index < -0.39 is 0 Å². The Hall–Kier alpha value is -1.01. The molecule has 0 atom stereocenters. The summed E-state index contributed by atoms with van der Waals surface area (Å²) in [7, 11) is 0. The van der Waals surface area contributed by atoms with Crippen LogP contribution in [0.5, 0.6) is 5.75 Å². The van der Waals surface area contributed by atoms with Crippen LogP contribution in [0, 0.1) is 5.38 Å². The minimum absolute atomic E-state index is 0. The molecule has 0 amide bonds. The number of rotatable bonds is 5. The van der Waals surface area contributed by atoms with Gasteiger partial charge in [0.2, 0.25) is 0 Å². The molecule has 0 saturated carbocycles. The normalized spacial score (nSPS) is 9.96. The van der Waals surface area contributed by atoms with E-state index in [1.807, 2.05) is 36.5 Å². The monoisotopic (exact) mass is 552 g/mol. The summed E-state index contributed by atoms with van der Waals surface area (Å²) in [4.78, 5) is 3.88. The van der Waals surface area contributed by atoms with Crippen LogP contribution < -0.4 is 28.7 Å². The standard InChI is InChI=1S/C22H17OS2.HI.Zn/c1-2-23-19-11-9-17(10-12-19)16-5-7-18(8-6-16)20-13-14-22(25-20)21-4-3-15-24-21;;/h3-14H,2H2,1H3;1H;/q-1;;+2/p-1. The number of benzene rings is 2. The molecule has 1 nitrogen and oxygen atoms in total. The minimum Gasteiger partial charge on any atom is -1.00 e. The largest absolute Gasteiger partial charge is 2.00 e. The van der Waals surface area contributed by atoms with Gasteiger partial charge in [0.15, 0.2) is 0 Å². The van der Waals surface area contributed by atoms with E-state index in [0.717, 1.165) is 5.75 Å². The predicted molar refractivity (Wildman–Crippen MR) is 109 cm³/mol. The summed E-state index contributed by atoms with van der Waals surface area (Å²) in [6.07, 6.45) is 0. The maximum atomic E-state index is 5.51. The van der Waals surface area contributed by atoms with Crippen molar-refractivity contribution < 1.29 is 48.2 Å². The van der Waals surface area contributed by atoms with Gasteiger partial charge in [0, 0.05) is 4.88 Å². The molecule has 0 spiro atoms. The van der Waals surface area contributed by atoms with Crippen LogP contribution in [-0.4, -0.2) is 6.61 Å². The smallest absolute Gasteiger partial charge is 1.00 e. The zero-order chi connectivity index (χ0) is 17.1. The Morgan fingerprint density at radius 3 is 1.93 bits per heavy atom. The van der Waals surface area contributed by atoms with Crippen LogP contribution in [0.25, 0.3) is 31.3 Å². The van der Waals surface area contributed by atoms with Crippen molar-refractivity contribution in [1.29, 1.82) is 0 Å². The van der Waals surface area contributed by atoms with Crippen LogP contribution in [0.2, 0.25) is 0 Å². The Balaban J connectivity index is 0.00000131. The van der Waals surface area contributed by atoms with E-state index in [-0.39, 0.29) is 43.5 Å². The summed E-state index contributed by atoms with van der Waals surface area (Å²) >= 11 is 3.49. The van der Waals surface area contributed by atoms with Gasteiger partial charge >= 0.3 is 19.5 Å². The van der Waals surface area contributed by atoms with Gasteiger partial charge in [0.1, 0.15) is 5.75 Å². The second-order valence-corrected chi connectivity index (χ2v) is 7.58. The van der Waals surface area contributed by atoms with Crippen molar-refractivity contribution in [3.8, 4) is 37.1 Å². The summed E-state index contributed by atoms with van der Waals surface area (Å²) in [5, 5.41) is 3.15. The van der Waals surface area contributed by atoms with E-state index in [9.17, 15) is 0 Å². The van der Waals surface area contributed by atoms with Gasteiger partial charge in [-0.05, 0) is 46.7 Å². The molecular formula is C22H17IOS2Zn. The number of ether oxygens (including phenoxy) is 1. The van der Waals surface area contributed by atoms with Gasteiger partial charge in [-0.2, -0.15) is 12.1 Å². The molecule has 2 aromatic carbocycles. The fraction of sp³-hybridized carbons (Fsp3) is 0.0909. The van der Waals surface area contributed by atoms with Gasteiger partial charge in [-0.1, -0.05) is 42.5 Å². The summed E-state index contributed by atoms with van der Waals surface area (Å²) < 4.78 is 5.51. The molecule has 0 bridgehead atoms. The first kappa shape index (κ1) is 22.3. The Morgan fingerprint density at radius 1 is 0.741 bits per heavy atom. The van der Waals surface area contributed by atoms with Crippen LogP contribution in [0.1, 0.15) is 6.92 Å². The molecular weight excluding hydrogens is 537 g/mol. The van der Waals surface area contributed by atoms with E-state index in [1.165, 1.54) is 31.3 Å². The Morgan fingerprint density at radius 2 is 1.33 bits per heavy atom. The van der Waals surface area contributed by atoms with Crippen molar-refractivity contribution >= 4 is 22.7 Å². The first-order valence-electron chi connectivity index (χ1n) is 8.23. The fourth-order valence-corrected chi connectivity index (χ4v) is 4.49. The molecule has 27 heavy (non-hydrogen) atoms. The van der Waals surface area contributed by atoms with E-state index in [1.54, 1.807) is 11.3 Å². The minimum atomic E-state index is 0. The predicted octanol–water partition coefficient (Wildman–Crippen LogP) is 4.01. The van der Waals surface area contributed by atoms with Crippen molar-refractivity contribution in [1.82, 2.24) is 0 Å². The van der Waals surface area contributed by atoms with Gasteiger partial charge in [0.25, 0.3) is 0 Å². The van der Waals surface area contributed by atoms with Crippen molar-refractivity contribution in [2.45, 2.75) is 6.92 Å². The molecule has 0 saturated heterocycles. The molecule has 4 rings (SSSR count). The van der Waals surface area contributed by atoms with Gasteiger partial charge in [-0.3, -0.25) is 11.3 Å². The molecule has 0 aliphatic carbocycles. The Kier molecular flexibility index (Phi) is 8.68. The summed E-state index contributed by atoms with van der Waals surface area (Å²) in [6, 6.07) is 25.5. The number of hydrogen-bond donors (Lipinski definition) is 0. The van der Waals surface area contributed by atoms with E-state index in [2.05, 4.69) is 60.0 Å². The number of thiophene rings is 2. The fourth-order valence-electron chi connectivity index (χ4n) is 2.74. The molecule has 4 aromatic rings. The quantitative estimate of drug-likeness (QED) is 0.206. The zero-order valence-corrected chi connectivity index (χ0v) is 21.7. The summed E-state index contributed by atoms with van der Waals surface area (Å²) in [5.41, 5.74) is 3.68. The first-order valence-corrected chi connectivity index (χ1v) is 9.86. The average molecular weight is 554 g/mol. The van der Waals surface area contributed by atoms with Gasteiger partial charge in [-0.25, -0.2) is 0 Å². The molecule has 5 heteroatoms. The van der Waals surface area contributed by atoms with Crippen molar-refractivity contribution in [2.75, 3.05) is 6.61 Å². The topological polar surface area (TPSA) is 9.23 Å². The van der Waals surface area contributed by atoms with Crippen molar-refractivity contribution in [3.63, 3.8) is 0 Å². The molecule has 0 aliphatic rings. The number of hydrogen-bond acceptors (Lipinski definition) is 3. The van der Waals surface area contributed by atoms with Crippen LogP contribution in [0.4, 0.5) is 0 Å². The Bertz CT molecular complexity index is 945. The summed E-state index contributed by atoms with van der Waals surface area (Å²) in [6.45, 7) is 2.69. The molecule has 2 aromatic heterocycles. The third-order valence-electron chi connectivity index (χ3n) is 3.99. The molecule has 0 unspecified atom stereocenters. The third-order valence-corrected chi connectivity index (χ3v) is 6.12.